The molecule has 0 saturated heterocycles. The number of aryl methyl sites for hydroxylation is 2. The SMILES string of the molecule is [2H]C([2H])(Oc1cc2c(=O)n(CC)c3c(C)nccc3c2cc1Cl)C(C)(CC(C)C)NC(=O)O. The lowest BCUT2D eigenvalue weighted by Gasteiger charge is -2.31. The third kappa shape index (κ3) is 4.61. The molecule has 0 radical (unpaired) electrons. The maximum atomic E-state index is 13.3. The van der Waals surface area contributed by atoms with E-state index in [1.54, 1.807) is 16.8 Å². The fraction of sp³-hybridized carbons (Fsp3) is 0.435. The molecule has 8 heteroatoms. The van der Waals surface area contributed by atoms with Crippen LogP contribution in [0.1, 0.15) is 42.6 Å². The topological polar surface area (TPSA) is 93.5 Å². The van der Waals surface area contributed by atoms with Crippen molar-refractivity contribution in [1.82, 2.24) is 14.9 Å². The minimum absolute atomic E-state index is 0.0208. The van der Waals surface area contributed by atoms with E-state index in [0.717, 1.165) is 5.39 Å². The average molecular weight is 448 g/mol. The number of nitrogens with zero attached hydrogens (tertiary/aromatic N) is 2. The second-order valence-electron chi connectivity index (χ2n) is 8.23. The second kappa shape index (κ2) is 8.75. The minimum Gasteiger partial charge on any atom is -0.490 e. The predicted octanol–water partition coefficient (Wildman–Crippen LogP) is 4.98. The number of carboxylic acid groups (broad SMARTS) is 1. The van der Waals surface area contributed by atoms with Crippen molar-refractivity contribution in [2.45, 2.75) is 53.1 Å². The number of fused-ring (bicyclic) bond motifs is 3. The van der Waals surface area contributed by atoms with E-state index in [1.165, 1.54) is 13.0 Å². The van der Waals surface area contributed by atoms with Crippen molar-refractivity contribution in [1.29, 1.82) is 0 Å². The molecule has 3 aromatic rings. The van der Waals surface area contributed by atoms with Gasteiger partial charge in [-0.25, -0.2) is 4.79 Å². The number of pyridine rings is 2. The zero-order valence-electron chi connectivity index (χ0n) is 20.2. The fourth-order valence-electron chi connectivity index (χ4n) is 4.04. The first-order chi connectivity index (χ1) is 15.3. The Kier molecular flexibility index (Phi) is 5.68. The van der Waals surface area contributed by atoms with Crippen molar-refractivity contribution in [2.24, 2.45) is 5.92 Å². The second-order valence-corrected chi connectivity index (χ2v) is 8.64. The zero-order valence-corrected chi connectivity index (χ0v) is 19.0. The number of benzene rings is 1. The highest BCUT2D eigenvalue weighted by atomic mass is 35.5. The van der Waals surface area contributed by atoms with Gasteiger partial charge in [0.15, 0.2) is 0 Å². The van der Waals surface area contributed by atoms with Crippen molar-refractivity contribution < 1.29 is 17.4 Å². The lowest BCUT2D eigenvalue weighted by atomic mass is 9.91. The van der Waals surface area contributed by atoms with Gasteiger partial charge in [-0.15, -0.1) is 0 Å². The molecule has 7 nitrogen and oxygen atoms in total. The minimum atomic E-state index is -2.46. The third-order valence-electron chi connectivity index (χ3n) is 5.12. The number of aromatic nitrogens is 2. The molecular weight excluding hydrogens is 418 g/mol. The van der Waals surface area contributed by atoms with E-state index >= 15 is 0 Å². The molecule has 31 heavy (non-hydrogen) atoms. The summed E-state index contributed by atoms with van der Waals surface area (Å²) in [6, 6.07) is 4.81. The van der Waals surface area contributed by atoms with Crippen LogP contribution in [0.4, 0.5) is 4.79 Å². The molecule has 1 unspecified atom stereocenters. The monoisotopic (exact) mass is 447 g/mol. The summed E-state index contributed by atoms with van der Waals surface area (Å²) in [5.41, 5.74) is -0.411. The van der Waals surface area contributed by atoms with Gasteiger partial charge in [-0.05, 0) is 56.7 Å². The maximum absolute atomic E-state index is 13.3. The first-order valence-electron chi connectivity index (χ1n) is 11.1. The van der Waals surface area contributed by atoms with Gasteiger partial charge in [0.2, 0.25) is 0 Å². The van der Waals surface area contributed by atoms with E-state index in [4.69, 9.17) is 19.1 Å². The fourth-order valence-corrected chi connectivity index (χ4v) is 4.24. The van der Waals surface area contributed by atoms with Crippen LogP contribution in [0.15, 0.2) is 29.2 Å². The standard InChI is InChI=1S/C23H28ClN3O4/c1-6-27-20-14(4)25-8-7-15(20)16-9-18(24)19(10-17(16)21(27)28)31-12-23(5,11-13(2)3)26-22(29)30/h7-10,13,26H,6,11-12H2,1-5H3,(H,29,30)/i12D2. The summed E-state index contributed by atoms with van der Waals surface area (Å²) in [5, 5.41) is 13.4. The quantitative estimate of drug-likeness (QED) is 0.498. The van der Waals surface area contributed by atoms with Crippen molar-refractivity contribution in [3.05, 3.63) is 45.5 Å². The van der Waals surface area contributed by atoms with Gasteiger partial charge in [0.1, 0.15) is 12.3 Å². The summed E-state index contributed by atoms with van der Waals surface area (Å²) in [4.78, 5) is 29.0. The van der Waals surface area contributed by atoms with Crippen molar-refractivity contribution >= 4 is 39.4 Å². The zero-order chi connectivity index (χ0) is 24.7. The first kappa shape index (κ1) is 20.1. The molecule has 0 aliphatic rings. The van der Waals surface area contributed by atoms with Gasteiger partial charge in [-0.3, -0.25) is 9.78 Å². The molecule has 1 amide bonds. The molecule has 0 bridgehead atoms. The summed E-state index contributed by atoms with van der Waals surface area (Å²) < 4.78 is 24.4. The molecule has 1 aromatic carbocycles. The highest BCUT2D eigenvalue weighted by Crippen LogP contribution is 2.33. The Morgan fingerprint density at radius 2 is 2.10 bits per heavy atom. The van der Waals surface area contributed by atoms with Gasteiger partial charge >= 0.3 is 6.09 Å². The van der Waals surface area contributed by atoms with Crippen LogP contribution in [0, 0.1) is 12.8 Å². The lowest BCUT2D eigenvalue weighted by Crippen LogP contribution is -2.50. The summed E-state index contributed by atoms with van der Waals surface area (Å²) in [7, 11) is 0. The molecular formula is C23H28ClN3O4. The summed E-state index contributed by atoms with van der Waals surface area (Å²) in [5.74, 6) is -0.0613. The Hall–Kier alpha value is -2.80. The predicted molar refractivity (Wildman–Crippen MR) is 123 cm³/mol. The van der Waals surface area contributed by atoms with Crippen LogP contribution in [-0.4, -0.2) is 32.8 Å². The number of rotatable bonds is 7. The van der Waals surface area contributed by atoms with E-state index in [-0.39, 0.29) is 28.7 Å². The number of amides is 1. The van der Waals surface area contributed by atoms with Crippen LogP contribution in [0.3, 0.4) is 0 Å². The van der Waals surface area contributed by atoms with Crippen LogP contribution in [-0.2, 0) is 6.54 Å². The average Bonchev–Trinajstić information content (AvgIpc) is 2.68. The van der Waals surface area contributed by atoms with Crippen LogP contribution in [0.5, 0.6) is 5.75 Å². The molecule has 166 valence electrons. The Morgan fingerprint density at radius 1 is 1.39 bits per heavy atom. The third-order valence-corrected chi connectivity index (χ3v) is 5.41. The molecule has 0 saturated carbocycles. The molecule has 2 N–H and O–H groups in total. The molecule has 3 rings (SSSR count). The number of nitrogens with one attached hydrogen (secondary N) is 1. The van der Waals surface area contributed by atoms with E-state index < -0.39 is 18.2 Å². The maximum Gasteiger partial charge on any atom is 0.405 e. The molecule has 0 spiro atoms. The van der Waals surface area contributed by atoms with Crippen LogP contribution < -0.4 is 15.6 Å². The van der Waals surface area contributed by atoms with Crippen molar-refractivity contribution in [2.75, 3.05) is 6.56 Å². The smallest absolute Gasteiger partial charge is 0.405 e. The van der Waals surface area contributed by atoms with Gasteiger partial charge in [-0.2, -0.15) is 0 Å². The van der Waals surface area contributed by atoms with Crippen LogP contribution >= 0.6 is 11.6 Å². The van der Waals surface area contributed by atoms with E-state index in [9.17, 15) is 14.7 Å². The normalized spacial score (nSPS) is 14.9. The Labute approximate surface area is 188 Å². The number of hydrogen-bond acceptors (Lipinski definition) is 4. The lowest BCUT2D eigenvalue weighted by molar-refractivity contribution is 0.143. The molecule has 0 aliphatic carbocycles. The van der Waals surface area contributed by atoms with Gasteiger partial charge in [-0.1, -0.05) is 25.4 Å². The summed E-state index contributed by atoms with van der Waals surface area (Å²) in [6.45, 7) is 6.81. The summed E-state index contributed by atoms with van der Waals surface area (Å²) in [6.07, 6.45) is 0.473. The van der Waals surface area contributed by atoms with Gasteiger partial charge < -0.3 is 19.7 Å². The molecule has 0 fully saturated rings. The highest BCUT2D eigenvalue weighted by Gasteiger charge is 2.29. The Bertz CT molecular complexity index is 1290. The Morgan fingerprint density at radius 3 is 2.71 bits per heavy atom. The van der Waals surface area contributed by atoms with Gasteiger partial charge in [0.05, 0.1) is 29.9 Å². The van der Waals surface area contributed by atoms with Crippen LogP contribution in [0.2, 0.25) is 5.02 Å². The number of hydrogen-bond donors (Lipinski definition) is 2. The molecule has 2 aromatic heterocycles. The highest BCUT2D eigenvalue weighted by molar-refractivity contribution is 6.33. The number of halogens is 1. The van der Waals surface area contributed by atoms with E-state index in [1.807, 2.05) is 33.8 Å². The van der Waals surface area contributed by atoms with Crippen molar-refractivity contribution in [3.63, 3.8) is 0 Å². The van der Waals surface area contributed by atoms with Gasteiger partial charge in [0.25, 0.3) is 5.56 Å². The largest absolute Gasteiger partial charge is 0.490 e. The number of ether oxygens (including phenoxy) is 1. The van der Waals surface area contributed by atoms with Crippen LogP contribution in [0.25, 0.3) is 21.7 Å². The molecule has 0 aliphatic heterocycles. The van der Waals surface area contributed by atoms with Gasteiger partial charge in [0, 0.05) is 18.1 Å². The van der Waals surface area contributed by atoms with Crippen molar-refractivity contribution in [3.8, 4) is 5.75 Å². The first-order valence-corrected chi connectivity index (χ1v) is 10.5. The number of carbonyl (C=O) groups is 1. The molecule has 1 atom stereocenters. The van der Waals surface area contributed by atoms with E-state index in [0.29, 0.717) is 28.5 Å². The summed E-state index contributed by atoms with van der Waals surface area (Å²) >= 11 is 6.48. The Balaban J connectivity index is 2.21. The van der Waals surface area contributed by atoms with E-state index in [2.05, 4.69) is 10.3 Å². The molecule has 2 heterocycles.